The van der Waals surface area contributed by atoms with Gasteiger partial charge in [0.25, 0.3) is 0 Å². The van der Waals surface area contributed by atoms with Gasteiger partial charge in [0, 0.05) is 19.4 Å². The largest absolute Gasteiger partial charge is 0.485 e. The van der Waals surface area contributed by atoms with Crippen molar-refractivity contribution in [2.75, 3.05) is 6.51 Å². The topological polar surface area (TPSA) is 63.2 Å². The van der Waals surface area contributed by atoms with Crippen LogP contribution in [0.4, 0.5) is 4.39 Å². The fraction of sp³-hybridized carbons (Fsp3) is 0.682. The molecule has 1 saturated heterocycles. The highest BCUT2D eigenvalue weighted by atomic mass is 19.1. The first-order valence-corrected chi connectivity index (χ1v) is 10.7. The number of benzene rings is 1. The van der Waals surface area contributed by atoms with E-state index in [0.29, 0.717) is 17.4 Å². The first-order valence-electron chi connectivity index (χ1n) is 10.7. The van der Waals surface area contributed by atoms with Crippen molar-refractivity contribution >= 4 is 13.1 Å². The Labute approximate surface area is 176 Å². The van der Waals surface area contributed by atoms with Crippen LogP contribution >= 0.6 is 0 Å². The minimum absolute atomic E-state index is 0.0976. The van der Waals surface area contributed by atoms with Gasteiger partial charge in [-0.25, -0.2) is 9.18 Å². The number of halogens is 1. The summed E-state index contributed by atoms with van der Waals surface area (Å²) in [5.74, 6) is -1.22. The van der Waals surface area contributed by atoms with E-state index in [1.807, 2.05) is 0 Å². The van der Waals surface area contributed by atoms with Crippen molar-refractivity contribution in [2.45, 2.75) is 71.6 Å². The second-order valence-corrected chi connectivity index (χ2v) is 10.2. The molecule has 6 rings (SSSR count). The van der Waals surface area contributed by atoms with Crippen LogP contribution in [0.3, 0.4) is 0 Å². The Balaban J connectivity index is 1.26. The number of carbonyl (C=O) groups excluding carboxylic acids is 1. The second kappa shape index (κ2) is 6.44. The molecule has 2 heterocycles. The van der Waals surface area contributed by atoms with E-state index in [1.54, 1.807) is 19.9 Å². The Morgan fingerprint density at radius 3 is 2.67 bits per heavy atom. The van der Waals surface area contributed by atoms with Crippen molar-refractivity contribution in [3.63, 3.8) is 0 Å². The highest BCUT2D eigenvalue weighted by molar-refractivity contribution is 6.45. The molecule has 1 aromatic rings. The molecule has 0 amide bonds. The molecule has 0 spiro atoms. The third kappa shape index (κ3) is 2.91. The van der Waals surface area contributed by atoms with Crippen LogP contribution in [-0.4, -0.2) is 37.1 Å². The molecule has 0 N–H and O–H groups in total. The van der Waals surface area contributed by atoms with Crippen LogP contribution < -0.4 is 4.74 Å². The summed E-state index contributed by atoms with van der Waals surface area (Å²) in [5.41, 5.74) is 0.402. The van der Waals surface area contributed by atoms with E-state index in [1.165, 1.54) is 12.5 Å². The quantitative estimate of drug-likeness (QED) is 0.546. The van der Waals surface area contributed by atoms with Crippen molar-refractivity contribution in [3.05, 3.63) is 29.1 Å². The van der Waals surface area contributed by atoms with Crippen LogP contribution in [0.1, 0.15) is 63.4 Å². The third-order valence-corrected chi connectivity index (χ3v) is 7.59. The lowest BCUT2D eigenvalue weighted by atomic mass is 9.43. The Morgan fingerprint density at radius 2 is 1.93 bits per heavy atom. The fourth-order valence-electron chi connectivity index (χ4n) is 5.85. The van der Waals surface area contributed by atoms with Gasteiger partial charge in [0.1, 0.15) is 17.1 Å². The summed E-state index contributed by atoms with van der Waals surface area (Å²) >= 11 is 0. The molecule has 162 valence electrons. The Kier molecular flexibility index (Phi) is 4.35. The molecule has 3 unspecified atom stereocenters. The molecular weight excluding hydrogens is 390 g/mol. The summed E-state index contributed by atoms with van der Waals surface area (Å²) in [5, 5.41) is 0. The number of carbonyl (C=O) groups is 1. The maximum atomic E-state index is 14.2. The maximum Gasteiger partial charge on any atom is 0.485 e. The number of esters is 1. The average Bonchev–Trinajstić information content (AvgIpc) is 2.97. The van der Waals surface area contributed by atoms with Crippen molar-refractivity contribution in [1.82, 2.24) is 0 Å². The molecule has 8 heteroatoms. The first kappa shape index (κ1) is 20.3. The van der Waals surface area contributed by atoms with Crippen molar-refractivity contribution in [3.8, 4) is 5.75 Å². The molecule has 0 aromatic heterocycles. The normalized spacial score (nSPS) is 35.1. The first-order chi connectivity index (χ1) is 14.0. The van der Waals surface area contributed by atoms with E-state index in [9.17, 15) is 9.18 Å². The lowest BCUT2D eigenvalue weighted by Crippen LogP contribution is -2.65. The smallest absolute Gasteiger partial charge is 0.451 e. The van der Waals surface area contributed by atoms with Gasteiger partial charge >= 0.3 is 13.1 Å². The zero-order chi connectivity index (χ0) is 21.5. The van der Waals surface area contributed by atoms with E-state index < -0.39 is 24.7 Å². The Hall–Kier alpha value is -1.64. The number of rotatable bonds is 4. The maximum absolute atomic E-state index is 14.2. The van der Waals surface area contributed by atoms with Gasteiger partial charge in [-0.2, -0.15) is 0 Å². The minimum Gasteiger partial charge on any atom is -0.451 e. The van der Waals surface area contributed by atoms with Gasteiger partial charge in [-0.1, -0.05) is 19.9 Å². The van der Waals surface area contributed by atoms with Gasteiger partial charge in [-0.05, 0) is 43.1 Å². The summed E-state index contributed by atoms with van der Waals surface area (Å²) in [6.07, 6.45) is 2.31. The Bertz CT molecular complexity index is 902. The van der Waals surface area contributed by atoms with Gasteiger partial charge in [-0.3, -0.25) is 0 Å². The molecule has 3 aliphatic carbocycles. The van der Waals surface area contributed by atoms with Crippen LogP contribution in [-0.2, 0) is 25.4 Å². The summed E-state index contributed by atoms with van der Waals surface area (Å²) < 4.78 is 43.4. The predicted octanol–water partition coefficient (Wildman–Crippen LogP) is 3.90. The standard InChI is InChI=1S/C22H28BFO6/c1-20(2)13-8-15(20)22(5)16(9-13)29-23(30-22)11-26-10-12-6-7-14(24)17-18(12)27-21(3,4)28-19(17)25/h6-7,13,15-16H,8-11H2,1-5H3/t13?,15?,16?,22-/m0/s1. The van der Waals surface area contributed by atoms with E-state index in [-0.39, 0.29) is 41.5 Å². The van der Waals surface area contributed by atoms with Crippen LogP contribution in [0.2, 0.25) is 0 Å². The van der Waals surface area contributed by atoms with Crippen LogP contribution in [0, 0.1) is 23.1 Å². The summed E-state index contributed by atoms with van der Waals surface area (Å²) in [6.45, 7) is 10.4. The number of fused-ring (bicyclic) bond motifs is 1. The monoisotopic (exact) mass is 418 g/mol. The molecule has 2 aliphatic heterocycles. The number of hydrogen-bond acceptors (Lipinski definition) is 6. The van der Waals surface area contributed by atoms with Gasteiger partial charge in [0.2, 0.25) is 5.79 Å². The molecule has 2 bridgehead atoms. The summed E-state index contributed by atoms with van der Waals surface area (Å²) in [4.78, 5) is 12.2. The number of hydrogen-bond donors (Lipinski definition) is 0. The molecule has 30 heavy (non-hydrogen) atoms. The minimum atomic E-state index is -1.16. The van der Waals surface area contributed by atoms with Crippen molar-refractivity contribution < 1.29 is 32.7 Å². The van der Waals surface area contributed by atoms with Gasteiger partial charge in [-0.15, -0.1) is 0 Å². The fourth-order valence-corrected chi connectivity index (χ4v) is 5.85. The van der Waals surface area contributed by atoms with Crippen LogP contribution in [0.15, 0.2) is 12.1 Å². The Morgan fingerprint density at radius 1 is 1.17 bits per heavy atom. The highest BCUT2D eigenvalue weighted by Crippen LogP contribution is 2.65. The SMILES string of the molecule is CC1(C)OC(=O)c2c(F)ccc(COCB3OC4CC5CC(C5(C)C)[C@]4(C)O3)c2O1. The molecule has 4 fully saturated rings. The summed E-state index contributed by atoms with van der Waals surface area (Å²) in [6, 6.07) is 2.80. The molecular formula is C22H28BFO6. The van der Waals surface area contributed by atoms with Gasteiger partial charge < -0.3 is 23.5 Å². The van der Waals surface area contributed by atoms with E-state index in [0.717, 1.165) is 6.42 Å². The molecule has 1 aromatic carbocycles. The van der Waals surface area contributed by atoms with Crippen LogP contribution in [0.25, 0.3) is 0 Å². The zero-order valence-electron chi connectivity index (χ0n) is 18.1. The average molecular weight is 418 g/mol. The van der Waals surface area contributed by atoms with E-state index >= 15 is 0 Å². The predicted molar refractivity (Wildman–Crippen MR) is 106 cm³/mol. The lowest BCUT2D eigenvalue weighted by molar-refractivity contribution is -0.199. The lowest BCUT2D eigenvalue weighted by Gasteiger charge is -2.64. The number of ether oxygens (including phenoxy) is 3. The zero-order valence-corrected chi connectivity index (χ0v) is 18.1. The molecule has 6 nitrogen and oxygen atoms in total. The summed E-state index contributed by atoms with van der Waals surface area (Å²) in [7, 11) is -0.436. The van der Waals surface area contributed by atoms with Gasteiger partial charge in [0.05, 0.1) is 24.8 Å². The van der Waals surface area contributed by atoms with Crippen molar-refractivity contribution in [1.29, 1.82) is 0 Å². The molecule has 0 radical (unpaired) electrons. The van der Waals surface area contributed by atoms with E-state index in [2.05, 4.69) is 20.8 Å². The van der Waals surface area contributed by atoms with Crippen molar-refractivity contribution in [2.24, 2.45) is 17.3 Å². The number of cyclic esters (lactones) is 1. The molecule has 3 saturated carbocycles. The highest BCUT2D eigenvalue weighted by Gasteiger charge is 2.67. The second-order valence-electron chi connectivity index (χ2n) is 10.2. The molecule has 4 atom stereocenters. The van der Waals surface area contributed by atoms with Gasteiger partial charge in [0.15, 0.2) is 0 Å². The van der Waals surface area contributed by atoms with Crippen LogP contribution in [0.5, 0.6) is 5.75 Å². The molecule has 5 aliphatic rings. The van der Waals surface area contributed by atoms with E-state index in [4.69, 9.17) is 23.5 Å². The third-order valence-electron chi connectivity index (χ3n) is 7.59.